The minimum Gasteiger partial charge on any atom is -0.497 e. The Kier molecular flexibility index (Phi) is 13.1. The highest BCUT2D eigenvalue weighted by atomic mass is 127. The third kappa shape index (κ3) is 9.00. The standard InChI is InChI=1S/C18H29N3O2.HI/c1-5-7-8-14-21(3)18(19-6-2)20-13-15-23-17-11-9-16(22-4)10-12-17;/h5,9-12H,1,6-8,13-15H2,2-4H3,(H,19,20);1H. The Morgan fingerprint density at radius 2 is 1.96 bits per heavy atom. The summed E-state index contributed by atoms with van der Waals surface area (Å²) >= 11 is 0. The molecule has 0 saturated heterocycles. The molecule has 0 radical (unpaired) electrons. The van der Waals surface area contributed by atoms with E-state index in [-0.39, 0.29) is 24.0 Å². The third-order valence-electron chi connectivity index (χ3n) is 3.28. The van der Waals surface area contributed by atoms with Crippen molar-refractivity contribution < 1.29 is 9.47 Å². The molecule has 0 atom stereocenters. The number of ether oxygens (including phenoxy) is 2. The summed E-state index contributed by atoms with van der Waals surface area (Å²) in [6.07, 6.45) is 4.04. The van der Waals surface area contributed by atoms with E-state index in [1.165, 1.54) is 0 Å². The van der Waals surface area contributed by atoms with Gasteiger partial charge in [-0.05, 0) is 44.0 Å². The van der Waals surface area contributed by atoms with Gasteiger partial charge < -0.3 is 19.7 Å². The van der Waals surface area contributed by atoms with Crippen LogP contribution in [0.15, 0.2) is 41.9 Å². The number of nitrogens with one attached hydrogen (secondary N) is 1. The van der Waals surface area contributed by atoms with Crippen LogP contribution in [0.25, 0.3) is 0 Å². The molecule has 24 heavy (non-hydrogen) atoms. The first kappa shape index (κ1) is 22.6. The molecular weight excluding hydrogens is 417 g/mol. The normalized spacial score (nSPS) is 10.5. The Morgan fingerprint density at radius 1 is 1.29 bits per heavy atom. The maximum atomic E-state index is 5.69. The van der Waals surface area contributed by atoms with Crippen LogP contribution in [0.4, 0.5) is 0 Å². The molecule has 136 valence electrons. The molecule has 0 aliphatic heterocycles. The number of halogens is 1. The number of rotatable bonds is 10. The second-order valence-corrected chi connectivity index (χ2v) is 5.11. The van der Waals surface area contributed by atoms with Crippen molar-refractivity contribution in [2.45, 2.75) is 19.8 Å². The summed E-state index contributed by atoms with van der Waals surface area (Å²) in [7, 11) is 3.70. The summed E-state index contributed by atoms with van der Waals surface area (Å²) in [5.74, 6) is 2.56. The van der Waals surface area contributed by atoms with E-state index in [4.69, 9.17) is 9.47 Å². The van der Waals surface area contributed by atoms with Crippen LogP contribution in [-0.4, -0.2) is 51.3 Å². The average Bonchev–Trinajstić information content (AvgIpc) is 2.58. The molecule has 0 unspecified atom stereocenters. The first-order valence-electron chi connectivity index (χ1n) is 8.08. The van der Waals surface area contributed by atoms with Gasteiger partial charge in [0, 0.05) is 20.1 Å². The monoisotopic (exact) mass is 447 g/mol. The summed E-state index contributed by atoms with van der Waals surface area (Å²) in [6.45, 7) is 8.78. The smallest absolute Gasteiger partial charge is 0.193 e. The molecule has 1 aromatic carbocycles. The fourth-order valence-electron chi connectivity index (χ4n) is 2.04. The number of benzene rings is 1. The molecule has 0 saturated carbocycles. The number of allylic oxidation sites excluding steroid dienone is 1. The predicted octanol–water partition coefficient (Wildman–Crippen LogP) is 3.56. The molecule has 0 bridgehead atoms. The lowest BCUT2D eigenvalue weighted by atomic mass is 10.3. The summed E-state index contributed by atoms with van der Waals surface area (Å²) in [6, 6.07) is 7.57. The van der Waals surface area contributed by atoms with Crippen molar-refractivity contribution in [1.29, 1.82) is 0 Å². The zero-order chi connectivity index (χ0) is 16.9. The van der Waals surface area contributed by atoms with Crippen LogP contribution >= 0.6 is 24.0 Å². The first-order chi connectivity index (χ1) is 11.2. The van der Waals surface area contributed by atoms with E-state index >= 15 is 0 Å². The van der Waals surface area contributed by atoms with Gasteiger partial charge >= 0.3 is 0 Å². The molecule has 1 aromatic rings. The minimum absolute atomic E-state index is 0. The molecule has 6 heteroatoms. The fraction of sp³-hybridized carbons (Fsp3) is 0.500. The average molecular weight is 447 g/mol. The summed E-state index contributed by atoms with van der Waals surface area (Å²) in [5, 5.41) is 3.30. The van der Waals surface area contributed by atoms with Gasteiger partial charge in [0.25, 0.3) is 0 Å². The number of nitrogens with zero attached hydrogens (tertiary/aromatic N) is 2. The first-order valence-corrected chi connectivity index (χ1v) is 8.08. The van der Waals surface area contributed by atoms with Crippen molar-refractivity contribution in [1.82, 2.24) is 10.2 Å². The summed E-state index contributed by atoms with van der Waals surface area (Å²) < 4.78 is 10.8. The van der Waals surface area contributed by atoms with Crippen LogP contribution in [0.2, 0.25) is 0 Å². The van der Waals surface area contributed by atoms with Crippen LogP contribution in [0.5, 0.6) is 11.5 Å². The van der Waals surface area contributed by atoms with Gasteiger partial charge in [-0.25, -0.2) is 4.99 Å². The summed E-state index contributed by atoms with van der Waals surface area (Å²) in [5.41, 5.74) is 0. The second kappa shape index (κ2) is 13.9. The molecule has 0 aromatic heterocycles. The van der Waals surface area contributed by atoms with Gasteiger partial charge in [0.2, 0.25) is 0 Å². The van der Waals surface area contributed by atoms with Crippen molar-refractivity contribution in [3.63, 3.8) is 0 Å². The maximum absolute atomic E-state index is 5.69. The predicted molar refractivity (Wildman–Crippen MR) is 112 cm³/mol. The molecule has 5 nitrogen and oxygen atoms in total. The Morgan fingerprint density at radius 3 is 2.54 bits per heavy atom. The SMILES string of the molecule is C=CCCCN(C)C(=NCCOc1ccc(OC)cc1)NCC.I. The lowest BCUT2D eigenvalue weighted by Gasteiger charge is -2.21. The van der Waals surface area contributed by atoms with Gasteiger partial charge in [-0.15, -0.1) is 30.6 Å². The number of unbranched alkanes of at least 4 members (excludes halogenated alkanes) is 1. The molecule has 0 aliphatic rings. The lowest BCUT2D eigenvalue weighted by molar-refractivity contribution is 0.326. The Bertz CT molecular complexity index is 478. The number of hydrogen-bond acceptors (Lipinski definition) is 3. The molecule has 0 aliphatic carbocycles. The highest BCUT2D eigenvalue weighted by Crippen LogP contribution is 2.16. The third-order valence-corrected chi connectivity index (χ3v) is 3.28. The molecule has 1 rings (SSSR count). The lowest BCUT2D eigenvalue weighted by Crippen LogP contribution is -2.39. The van der Waals surface area contributed by atoms with Gasteiger partial charge in [-0.3, -0.25) is 0 Å². The van der Waals surface area contributed by atoms with Crippen molar-refractivity contribution in [2.24, 2.45) is 4.99 Å². The van der Waals surface area contributed by atoms with Crippen LogP contribution in [-0.2, 0) is 0 Å². The van der Waals surface area contributed by atoms with E-state index in [0.29, 0.717) is 13.2 Å². The van der Waals surface area contributed by atoms with Crippen LogP contribution < -0.4 is 14.8 Å². The van der Waals surface area contributed by atoms with Crippen LogP contribution in [0.1, 0.15) is 19.8 Å². The largest absolute Gasteiger partial charge is 0.497 e. The number of hydrogen-bond donors (Lipinski definition) is 1. The minimum atomic E-state index is 0. The molecular formula is C18H30IN3O2. The van der Waals surface area contributed by atoms with E-state index in [0.717, 1.165) is 43.4 Å². The van der Waals surface area contributed by atoms with E-state index in [1.54, 1.807) is 7.11 Å². The van der Waals surface area contributed by atoms with Crippen LogP contribution in [0, 0.1) is 0 Å². The van der Waals surface area contributed by atoms with E-state index < -0.39 is 0 Å². The van der Waals surface area contributed by atoms with E-state index in [9.17, 15) is 0 Å². The Labute approximate surface area is 163 Å². The molecule has 0 amide bonds. The maximum Gasteiger partial charge on any atom is 0.193 e. The van der Waals surface area contributed by atoms with E-state index in [1.807, 2.05) is 30.3 Å². The zero-order valence-corrected chi connectivity index (χ0v) is 17.3. The highest BCUT2D eigenvalue weighted by Gasteiger charge is 2.04. The van der Waals surface area contributed by atoms with Crippen molar-refractivity contribution >= 4 is 29.9 Å². The Hall–Kier alpha value is -1.44. The van der Waals surface area contributed by atoms with Crippen molar-refractivity contribution in [3.8, 4) is 11.5 Å². The van der Waals surface area contributed by atoms with Crippen molar-refractivity contribution in [2.75, 3.05) is 40.4 Å². The molecule has 0 spiro atoms. The molecule has 0 heterocycles. The molecule has 0 fully saturated rings. The zero-order valence-electron chi connectivity index (χ0n) is 15.0. The van der Waals surface area contributed by atoms with E-state index in [2.05, 4.69) is 35.8 Å². The van der Waals surface area contributed by atoms with Gasteiger partial charge in [0.15, 0.2) is 5.96 Å². The number of methoxy groups -OCH3 is 1. The fourth-order valence-corrected chi connectivity index (χ4v) is 2.04. The number of guanidine groups is 1. The van der Waals surface area contributed by atoms with Gasteiger partial charge in [-0.1, -0.05) is 6.08 Å². The topological polar surface area (TPSA) is 46.1 Å². The Balaban J connectivity index is 0.00000529. The van der Waals surface area contributed by atoms with Gasteiger partial charge in [-0.2, -0.15) is 0 Å². The quantitative estimate of drug-likeness (QED) is 0.196. The highest BCUT2D eigenvalue weighted by molar-refractivity contribution is 14.0. The van der Waals surface area contributed by atoms with Crippen LogP contribution in [0.3, 0.4) is 0 Å². The van der Waals surface area contributed by atoms with Gasteiger partial charge in [0.1, 0.15) is 18.1 Å². The van der Waals surface area contributed by atoms with Gasteiger partial charge in [0.05, 0.1) is 13.7 Å². The molecule has 1 N–H and O–H groups in total. The summed E-state index contributed by atoms with van der Waals surface area (Å²) in [4.78, 5) is 6.74. The number of aliphatic imine (C=N–C) groups is 1. The van der Waals surface area contributed by atoms with Crippen molar-refractivity contribution in [3.05, 3.63) is 36.9 Å². The second-order valence-electron chi connectivity index (χ2n) is 5.11.